The Hall–Kier alpha value is -1.45. The molecule has 0 aliphatic rings. The van der Waals surface area contributed by atoms with Gasteiger partial charge in [0.25, 0.3) is 0 Å². The minimum atomic E-state index is 0.871. The van der Waals surface area contributed by atoms with Crippen molar-refractivity contribution in [1.29, 1.82) is 0 Å². The van der Waals surface area contributed by atoms with Gasteiger partial charge in [-0.05, 0) is 42.8 Å². The Morgan fingerprint density at radius 1 is 1.16 bits per heavy atom. The van der Waals surface area contributed by atoms with Crippen LogP contribution in [0.4, 0.5) is 0 Å². The molecule has 0 radical (unpaired) electrons. The van der Waals surface area contributed by atoms with Crippen molar-refractivity contribution in [3.8, 4) is 0 Å². The topological polar surface area (TPSA) is 34.1 Å². The van der Waals surface area contributed by atoms with Crippen LogP contribution in [0.3, 0.4) is 0 Å². The number of aromatic nitrogens is 1. The van der Waals surface area contributed by atoms with Crippen LogP contribution in [0, 0.1) is 0 Å². The van der Waals surface area contributed by atoms with Crippen molar-refractivity contribution in [2.75, 3.05) is 20.3 Å². The van der Waals surface area contributed by atoms with Crippen molar-refractivity contribution < 1.29 is 4.74 Å². The number of nitrogens with zero attached hydrogens (tertiary/aromatic N) is 1. The van der Waals surface area contributed by atoms with E-state index >= 15 is 0 Å². The normalized spacial score (nSPS) is 11.0. The highest BCUT2D eigenvalue weighted by Gasteiger charge is 1.99. The van der Waals surface area contributed by atoms with Crippen LogP contribution in [0.5, 0.6) is 0 Å². The first-order chi connectivity index (χ1) is 9.42. The predicted molar refractivity (Wildman–Crippen MR) is 79.2 cm³/mol. The highest BCUT2D eigenvalue weighted by Crippen LogP contribution is 2.17. The van der Waals surface area contributed by atoms with Gasteiger partial charge in [0.05, 0.1) is 0 Å². The van der Waals surface area contributed by atoms with Gasteiger partial charge in [-0.2, -0.15) is 0 Å². The predicted octanol–water partition coefficient (Wildman–Crippen LogP) is 3.14. The number of ether oxygens (including phenoxy) is 1. The van der Waals surface area contributed by atoms with Gasteiger partial charge in [0.2, 0.25) is 0 Å². The van der Waals surface area contributed by atoms with Crippen molar-refractivity contribution in [2.24, 2.45) is 0 Å². The maximum atomic E-state index is 5.04. The van der Waals surface area contributed by atoms with Gasteiger partial charge >= 0.3 is 0 Å². The molecular weight excluding hydrogens is 236 g/mol. The van der Waals surface area contributed by atoms with Gasteiger partial charge in [-0.1, -0.05) is 18.2 Å². The molecule has 3 heteroatoms. The Labute approximate surface area is 115 Å². The molecule has 0 bridgehead atoms. The lowest BCUT2D eigenvalue weighted by Gasteiger charge is -2.08. The van der Waals surface area contributed by atoms with E-state index in [2.05, 4.69) is 34.6 Å². The van der Waals surface area contributed by atoms with E-state index in [4.69, 9.17) is 4.74 Å². The maximum Gasteiger partial charge on any atom is 0.0462 e. The van der Waals surface area contributed by atoms with Crippen molar-refractivity contribution in [2.45, 2.75) is 25.8 Å². The zero-order chi connectivity index (χ0) is 13.3. The average molecular weight is 258 g/mol. The minimum absolute atomic E-state index is 0.871. The van der Waals surface area contributed by atoms with Gasteiger partial charge in [-0.15, -0.1) is 0 Å². The zero-order valence-electron chi connectivity index (χ0n) is 11.6. The molecule has 0 saturated carbocycles. The van der Waals surface area contributed by atoms with Crippen LogP contribution < -0.4 is 5.32 Å². The monoisotopic (exact) mass is 258 g/mol. The number of fused-ring (bicyclic) bond motifs is 1. The van der Waals surface area contributed by atoms with Crippen LogP contribution >= 0.6 is 0 Å². The average Bonchev–Trinajstić information content (AvgIpc) is 2.46. The standard InChI is InChI=1S/C16H22N2O/c1-19-11-4-2-3-9-17-12-14-6-5-7-15-13-18-10-8-16(14)15/h5-8,10,13,17H,2-4,9,11-12H2,1H3. The Balaban J connectivity index is 1.78. The van der Waals surface area contributed by atoms with Gasteiger partial charge in [-0.25, -0.2) is 0 Å². The number of hydrogen-bond donors (Lipinski definition) is 1. The summed E-state index contributed by atoms with van der Waals surface area (Å²) in [5.74, 6) is 0. The van der Waals surface area contributed by atoms with Crippen LogP contribution in [0.1, 0.15) is 24.8 Å². The highest BCUT2D eigenvalue weighted by molar-refractivity contribution is 5.84. The molecule has 0 amide bonds. The lowest BCUT2D eigenvalue weighted by atomic mass is 10.1. The molecule has 19 heavy (non-hydrogen) atoms. The van der Waals surface area contributed by atoms with Crippen LogP contribution in [0.15, 0.2) is 36.7 Å². The van der Waals surface area contributed by atoms with E-state index in [0.29, 0.717) is 0 Å². The molecule has 0 spiro atoms. The highest BCUT2D eigenvalue weighted by atomic mass is 16.5. The van der Waals surface area contributed by atoms with Gasteiger partial charge in [0.1, 0.15) is 0 Å². The number of benzene rings is 1. The molecule has 1 heterocycles. The summed E-state index contributed by atoms with van der Waals surface area (Å²) in [7, 11) is 1.76. The molecule has 1 N–H and O–H groups in total. The molecule has 0 aliphatic heterocycles. The molecule has 1 aromatic carbocycles. The second-order valence-corrected chi connectivity index (χ2v) is 4.74. The summed E-state index contributed by atoms with van der Waals surface area (Å²) in [6.07, 6.45) is 7.36. The lowest BCUT2D eigenvalue weighted by molar-refractivity contribution is 0.192. The molecule has 3 nitrogen and oxygen atoms in total. The molecule has 0 saturated heterocycles. The number of nitrogens with one attached hydrogen (secondary N) is 1. The van der Waals surface area contributed by atoms with E-state index in [0.717, 1.165) is 26.1 Å². The Morgan fingerprint density at radius 3 is 3.00 bits per heavy atom. The first-order valence-electron chi connectivity index (χ1n) is 6.93. The third-order valence-electron chi connectivity index (χ3n) is 3.29. The number of pyridine rings is 1. The van der Waals surface area contributed by atoms with Crippen molar-refractivity contribution in [1.82, 2.24) is 10.3 Å². The molecule has 1 aromatic heterocycles. The minimum Gasteiger partial charge on any atom is -0.385 e. The quantitative estimate of drug-likeness (QED) is 0.739. The van der Waals surface area contributed by atoms with Crippen LogP contribution in [0.25, 0.3) is 10.8 Å². The summed E-state index contributed by atoms with van der Waals surface area (Å²) in [4.78, 5) is 4.16. The first kappa shape index (κ1) is 14.0. The summed E-state index contributed by atoms with van der Waals surface area (Å²) in [6, 6.07) is 8.47. The third-order valence-corrected chi connectivity index (χ3v) is 3.29. The molecule has 0 atom stereocenters. The fourth-order valence-corrected chi connectivity index (χ4v) is 2.24. The fraction of sp³-hybridized carbons (Fsp3) is 0.438. The summed E-state index contributed by atoms with van der Waals surface area (Å²) in [6.45, 7) is 2.85. The molecule has 2 aromatic rings. The molecule has 0 aliphatic carbocycles. The fourth-order valence-electron chi connectivity index (χ4n) is 2.24. The number of hydrogen-bond acceptors (Lipinski definition) is 3. The van der Waals surface area contributed by atoms with E-state index < -0.39 is 0 Å². The Bertz CT molecular complexity index is 494. The number of unbranched alkanes of at least 4 members (excludes halogenated alkanes) is 2. The van der Waals surface area contributed by atoms with Gasteiger partial charge in [0, 0.05) is 38.0 Å². The van der Waals surface area contributed by atoms with E-state index in [1.54, 1.807) is 7.11 Å². The molecule has 102 valence electrons. The van der Waals surface area contributed by atoms with E-state index in [1.165, 1.54) is 29.2 Å². The van der Waals surface area contributed by atoms with E-state index in [9.17, 15) is 0 Å². The van der Waals surface area contributed by atoms with E-state index in [-0.39, 0.29) is 0 Å². The summed E-state index contributed by atoms with van der Waals surface area (Å²) in [5.41, 5.74) is 1.34. The van der Waals surface area contributed by atoms with Crippen LogP contribution in [-0.2, 0) is 11.3 Å². The maximum absolute atomic E-state index is 5.04. The Morgan fingerprint density at radius 2 is 2.11 bits per heavy atom. The number of methoxy groups -OCH3 is 1. The number of rotatable bonds is 8. The molecular formula is C16H22N2O. The van der Waals surface area contributed by atoms with Gasteiger partial charge < -0.3 is 10.1 Å². The molecule has 0 fully saturated rings. The van der Waals surface area contributed by atoms with Crippen LogP contribution in [0.2, 0.25) is 0 Å². The third kappa shape index (κ3) is 4.30. The smallest absolute Gasteiger partial charge is 0.0462 e. The van der Waals surface area contributed by atoms with Crippen LogP contribution in [-0.4, -0.2) is 25.2 Å². The summed E-state index contributed by atoms with van der Waals surface area (Å²) in [5, 5.41) is 6.02. The second kappa shape index (κ2) is 7.87. The summed E-state index contributed by atoms with van der Waals surface area (Å²) < 4.78 is 5.04. The lowest BCUT2D eigenvalue weighted by Crippen LogP contribution is -2.15. The molecule has 2 rings (SSSR count). The largest absolute Gasteiger partial charge is 0.385 e. The zero-order valence-corrected chi connectivity index (χ0v) is 11.6. The first-order valence-corrected chi connectivity index (χ1v) is 6.93. The Kier molecular flexibility index (Phi) is 5.79. The van der Waals surface area contributed by atoms with Crippen molar-refractivity contribution >= 4 is 10.8 Å². The summed E-state index contributed by atoms with van der Waals surface area (Å²) >= 11 is 0. The van der Waals surface area contributed by atoms with E-state index in [1.807, 2.05) is 12.4 Å². The molecule has 0 unspecified atom stereocenters. The van der Waals surface area contributed by atoms with Gasteiger partial charge in [-0.3, -0.25) is 4.98 Å². The van der Waals surface area contributed by atoms with Crippen molar-refractivity contribution in [3.05, 3.63) is 42.2 Å². The van der Waals surface area contributed by atoms with Gasteiger partial charge in [0.15, 0.2) is 0 Å². The SMILES string of the molecule is COCCCCCNCc1cccc2cnccc12. The van der Waals surface area contributed by atoms with Crippen molar-refractivity contribution in [3.63, 3.8) is 0 Å². The second-order valence-electron chi connectivity index (χ2n) is 4.74.